The summed E-state index contributed by atoms with van der Waals surface area (Å²) >= 11 is 1.59. The number of nitro groups is 1. The summed E-state index contributed by atoms with van der Waals surface area (Å²) in [6.07, 6.45) is 7.00. The van der Waals surface area contributed by atoms with Gasteiger partial charge in [0.05, 0.1) is 29.7 Å². The highest BCUT2D eigenvalue weighted by molar-refractivity contribution is 7.18. The van der Waals surface area contributed by atoms with Crippen LogP contribution in [0.2, 0.25) is 0 Å². The molecule has 1 fully saturated rings. The Balaban J connectivity index is 1.48. The summed E-state index contributed by atoms with van der Waals surface area (Å²) in [6, 6.07) is 4.98. The van der Waals surface area contributed by atoms with Crippen molar-refractivity contribution in [3.05, 3.63) is 61.0 Å². The zero-order valence-electron chi connectivity index (χ0n) is 16.8. The summed E-state index contributed by atoms with van der Waals surface area (Å²) in [4.78, 5) is 32.6. The van der Waals surface area contributed by atoms with Gasteiger partial charge in [0.1, 0.15) is 16.8 Å². The smallest absolute Gasteiger partial charge is 0.293 e. The first-order chi connectivity index (χ1) is 15.1. The lowest BCUT2D eigenvalue weighted by molar-refractivity contribution is -0.384. The molecule has 0 spiro atoms. The van der Waals surface area contributed by atoms with Crippen LogP contribution in [0.15, 0.2) is 34.4 Å². The Bertz CT molecular complexity index is 1240. The Kier molecular flexibility index (Phi) is 5.24. The van der Waals surface area contributed by atoms with Gasteiger partial charge in [0.15, 0.2) is 0 Å². The van der Waals surface area contributed by atoms with Crippen LogP contribution in [0.5, 0.6) is 0 Å². The topological polar surface area (TPSA) is 103 Å². The lowest BCUT2D eigenvalue weighted by Crippen LogP contribution is -2.36. The Hall–Kier alpha value is -3.11. The Morgan fingerprint density at radius 3 is 2.84 bits per heavy atom. The van der Waals surface area contributed by atoms with Crippen molar-refractivity contribution >= 4 is 39.1 Å². The first kappa shape index (κ1) is 19.8. The molecule has 1 aliphatic heterocycles. The average Bonchev–Trinajstić information content (AvgIpc) is 3.18. The lowest BCUT2D eigenvalue weighted by atomic mass is 9.97. The van der Waals surface area contributed by atoms with E-state index in [4.69, 9.17) is 4.74 Å². The predicted molar refractivity (Wildman–Crippen MR) is 120 cm³/mol. The lowest BCUT2D eigenvalue weighted by Gasteiger charge is -2.28. The van der Waals surface area contributed by atoms with Crippen molar-refractivity contribution in [1.82, 2.24) is 9.66 Å². The van der Waals surface area contributed by atoms with Gasteiger partial charge in [-0.2, -0.15) is 9.78 Å². The number of benzene rings is 1. The minimum atomic E-state index is -0.389. The molecule has 0 bridgehead atoms. The van der Waals surface area contributed by atoms with E-state index in [-0.39, 0.29) is 16.2 Å². The van der Waals surface area contributed by atoms with Crippen molar-refractivity contribution in [3.8, 4) is 0 Å². The van der Waals surface area contributed by atoms with E-state index in [0.29, 0.717) is 42.9 Å². The zero-order chi connectivity index (χ0) is 21.4. The molecule has 0 radical (unpaired) electrons. The number of hydrogen-bond donors (Lipinski definition) is 0. The van der Waals surface area contributed by atoms with Crippen LogP contribution in [0.3, 0.4) is 0 Å². The second-order valence-corrected chi connectivity index (χ2v) is 8.72. The van der Waals surface area contributed by atoms with Gasteiger partial charge in [-0.25, -0.2) is 4.98 Å². The Morgan fingerprint density at radius 1 is 1.23 bits per heavy atom. The molecule has 31 heavy (non-hydrogen) atoms. The molecule has 1 saturated heterocycles. The molecule has 5 rings (SSSR count). The van der Waals surface area contributed by atoms with Crippen LogP contribution >= 0.6 is 11.3 Å². The first-order valence-electron chi connectivity index (χ1n) is 10.3. The van der Waals surface area contributed by atoms with Gasteiger partial charge in [-0.3, -0.25) is 14.9 Å². The zero-order valence-corrected chi connectivity index (χ0v) is 17.6. The number of ether oxygens (including phenoxy) is 1. The van der Waals surface area contributed by atoms with Gasteiger partial charge in [0.2, 0.25) is 0 Å². The molecule has 0 amide bonds. The van der Waals surface area contributed by atoms with E-state index in [9.17, 15) is 14.9 Å². The monoisotopic (exact) mass is 439 g/mol. The third-order valence-electron chi connectivity index (χ3n) is 5.74. The number of hydrogen-bond acceptors (Lipinski definition) is 8. The molecule has 160 valence electrons. The fourth-order valence-corrected chi connectivity index (χ4v) is 5.41. The number of aryl methyl sites for hydroxylation is 2. The number of morpholine rings is 1. The Labute approximate surface area is 181 Å². The van der Waals surface area contributed by atoms with Gasteiger partial charge in [0, 0.05) is 29.6 Å². The number of thiophene rings is 1. The number of fused-ring (bicyclic) bond motifs is 3. The van der Waals surface area contributed by atoms with Gasteiger partial charge in [-0.05, 0) is 37.3 Å². The summed E-state index contributed by atoms with van der Waals surface area (Å²) in [5.74, 6) is 0. The largest absolute Gasteiger partial charge is 0.378 e. The molecule has 3 heterocycles. The van der Waals surface area contributed by atoms with Crippen LogP contribution in [0.4, 0.5) is 11.4 Å². The van der Waals surface area contributed by atoms with Crippen molar-refractivity contribution in [3.63, 3.8) is 0 Å². The fourth-order valence-electron chi connectivity index (χ4n) is 4.19. The maximum absolute atomic E-state index is 13.0. The molecule has 3 aromatic rings. The maximum atomic E-state index is 13.0. The van der Waals surface area contributed by atoms with Gasteiger partial charge in [-0.1, -0.05) is 6.07 Å². The van der Waals surface area contributed by atoms with Gasteiger partial charge < -0.3 is 9.64 Å². The molecule has 9 nitrogen and oxygen atoms in total. The van der Waals surface area contributed by atoms with E-state index in [1.54, 1.807) is 23.5 Å². The third-order valence-corrected chi connectivity index (χ3v) is 6.94. The molecule has 0 saturated carbocycles. The third kappa shape index (κ3) is 3.72. The molecule has 1 aliphatic carbocycles. The highest BCUT2D eigenvalue weighted by Crippen LogP contribution is 2.33. The van der Waals surface area contributed by atoms with Crippen LogP contribution in [0, 0.1) is 10.1 Å². The van der Waals surface area contributed by atoms with Crippen LogP contribution in [-0.4, -0.2) is 47.1 Å². The van der Waals surface area contributed by atoms with E-state index in [1.165, 1.54) is 28.2 Å². The van der Waals surface area contributed by atoms with Crippen LogP contribution in [0.25, 0.3) is 10.2 Å². The summed E-state index contributed by atoms with van der Waals surface area (Å²) in [5, 5.41) is 16.6. The number of nitro benzene ring substituents is 1. The van der Waals surface area contributed by atoms with E-state index in [2.05, 4.69) is 10.1 Å². The highest BCUT2D eigenvalue weighted by Gasteiger charge is 2.22. The van der Waals surface area contributed by atoms with Crippen molar-refractivity contribution in [1.29, 1.82) is 0 Å². The molecular weight excluding hydrogens is 418 g/mol. The quantitative estimate of drug-likeness (QED) is 0.352. The van der Waals surface area contributed by atoms with Gasteiger partial charge in [0.25, 0.3) is 11.2 Å². The summed E-state index contributed by atoms with van der Waals surface area (Å²) < 4.78 is 6.55. The van der Waals surface area contributed by atoms with E-state index < -0.39 is 0 Å². The van der Waals surface area contributed by atoms with Crippen LogP contribution in [0.1, 0.15) is 28.8 Å². The second-order valence-electron chi connectivity index (χ2n) is 7.63. The predicted octanol–water partition coefficient (Wildman–Crippen LogP) is 2.96. The summed E-state index contributed by atoms with van der Waals surface area (Å²) in [7, 11) is 0. The summed E-state index contributed by atoms with van der Waals surface area (Å²) in [6.45, 7) is 2.32. The maximum Gasteiger partial charge on any atom is 0.293 e. The number of rotatable bonds is 4. The van der Waals surface area contributed by atoms with Crippen molar-refractivity contribution in [2.45, 2.75) is 25.7 Å². The van der Waals surface area contributed by atoms with Crippen LogP contribution in [-0.2, 0) is 17.6 Å². The minimum absolute atomic E-state index is 0.0127. The summed E-state index contributed by atoms with van der Waals surface area (Å²) in [5.41, 5.74) is 2.04. The fraction of sp³-hybridized carbons (Fsp3) is 0.381. The molecule has 1 aromatic carbocycles. The molecule has 2 aromatic heterocycles. The average molecular weight is 439 g/mol. The van der Waals surface area contributed by atoms with E-state index in [0.717, 1.165) is 36.1 Å². The molecule has 0 N–H and O–H groups in total. The Morgan fingerprint density at radius 2 is 2.03 bits per heavy atom. The molecule has 2 aliphatic rings. The van der Waals surface area contributed by atoms with E-state index in [1.807, 2.05) is 4.90 Å². The van der Waals surface area contributed by atoms with Crippen molar-refractivity contribution in [2.75, 3.05) is 31.2 Å². The van der Waals surface area contributed by atoms with Crippen LogP contribution < -0.4 is 10.5 Å². The second kappa shape index (κ2) is 8.20. The standard InChI is InChI=1S/C21H21N5O4S/c27-21-19-15-3-1-2-4-18(15)31-20(19)22-13-25(21)23-12-14-5-6-16(17(11-14)26(28)29)24-7-9-30-10-8-24/h5-6,11-13H,1-4,7-10H2/b23-12-. The molecule has 0 atom stereocenters. The highest BCUT2D eigenvalue weighted by atomic mass is 32.1. The minimum Gasteiger partial charge on any atom is -0.378 e. The molecule has 0 unspecified atom stereocenters. The van der Waals surface area contributed by atoms with Gasteiger partial charge in [-0.15, -0.1) is 11.3 Å². The SMILES string of the molecule is O=c1c2c3c(sc2ncn1/N=C\c1ccc(N2CCOCC2)c([N+](=O)[O-])c1)CCCC3. The van der Waals surface area contributed by atoms with Gasteiger partial charge >= 0.3 is 0 Å². The molecular formula is C21H21N5O4S. The van der Waals surface area contributed by atoms with Crippen molar-refractivity contribution < 1.29 is 9.66 Å². The first-order valence-corrected chi connectivity index (χ1v) is 11.1. The normalized spacial score (nSPS) is 16.7. The number of nitrogens with zero attached hydrogens (tertiary/aromatic N) is 5. The number of anilines is 1. The van der Waals surface area contributed by atoms with Crippen molar-refractivity contribution in [2.24, 2.45) is 5.10 Å². The van der Waals surface area contributed by atoms with E-state index >= 15 is 0 Å². The number of aromatic nitrogens is 2. The molecule has 10 heteroatoms.